The molecule has 1 heterocycles. The molecule has 1 aliphatic heterocycles. The Bertz CT molecular complexity index is 999. The molecule has 0 spiro atoms. The summed E-state index contributed by atoms with van der Waals surface area (Å²) in [4.78, 5) is 26.5. The lowest BCUT2D eigenvalue weighted by Crippen LogP contribution is -2.32. The number of carbonyl (C=O) groups is 2. The zero-order valence-corrected chi connectivity index (χ0v) is 18.3. The largest absolute Gasteiger partial charge is 0.504 e. The van der Waals surface area contributed by atoms with Crippen molar-refractivity contribution >= 4 is 29.0 Å². The molecule has 0 saturated carbocycles. The van der Waals surface area contributed by atoms with Gasteiger partial charge in [0.05, 0.1) is 18.6 Å². The summed E-state index contributed by atoms with van der Waals surface area (Å²) >= 11 is 0.847. The highest BCUT2D eigenvalue weighted by molar-refractivity contribution is 8.18. The summed E-state index contributed by atoms with van der Waals surface area (Å²) in [7, 11) is 1.45. The molecule has 0 radical (unpaired) electrons. The lowest BCUT2D eigenvalue weighted by molar-refractivity contribution is -0.123. The van der Waals surface area contributed by atoms with Gasteiger partial charge < -0.3 is 14.6 Å². The van der Waals surface area contributed by atoms with Crippen molar-refractivity contribution in [3.8, 4) is 17.2 Å². The molecule has 0 unspecified atom stereocenters. The van der Waals surface area contributed by atoms with Gasteiger partial charge in [-0.2, -0.15) is 0 Å². The molecule has 2 aromatic carbocycles. The number of aryl methyl sites for hydroxylation is 1. The predicted octanol–water partition coefficient (Wildman–Crippen LogP) is 4.95. The van der Waals surface area contributed by atoms with Crippen LogP contribution in [0.4, 0.5) is 4.79 Å². The van der Waals surface area contributed by atoms with Crippen molar-refractivity contribution in [2.75, 3.05) is 20.3 Å². The Kier molecular flexibility index (Phi) is 6.72. The van der Waals surface area contributed by atoms with E-state index in [-0.39, 0.29) is 29.0 Å². The normalized spacial score (nSPS) is 15.4. The summed E-state index contributed by atoms with van der Waals surface area (Å²) in [6, 6.07) is 11.0. The molecule has 2 amide bonds. The van der Waals surface area contributed by atoms with E-state index >= 15 is 0 Å². The number of hydrogen-bond donors (Lipinski definition) is 1. The van der Waals surface area contributed by atoms with E-state index in [1.807, 2.05) is 25.1 Å². The van der Waals surface area contributed by atoms with Crippen LogP contribution in [0.15, 0.2) is 41.3 Å². The number of phenolic OH excluding ortho intramolecular Hbond substituents is 1. The third kappa shape index (κ3) is 4.62. The van der Waals surface area contributed by atoms with Gasteiger partial charge in [-0.05, 0) is 53.9 Å². The molecule has 2 aromatic rings. The molecule has 3 rings (SSSR count). The van der Waals surface area contributed by atoms with E-state index in [9.17, 15) is 14.7 Å². The number of amides is 2. The van der Waals surface area contributed by atoms with Gasteiger partial charge in [0.1, 0.15) is 12.4 Å². The minimum atomic E-state index is -0.399. The molecule has 30 heavy (non-hydrogen) atoms. The summed E-state index contributed by atoms with van der Waals surface area (Å²) in [5, 5.41) is 9.86. The van der Waals surface area contributed by atoms with Crippen LogP contribution < -0.4 is 9.47 Å². The molecule has 1 fully saturated rings. The van der Waals surface area contributed by atoms with Gasteiger partial charge in [-0.25, -0.2) is 0 Å². The minimum absolute atomic E-state index is 0.0733. The summed E-state index contributed by atoms with van der Waals surface area (Å²) in [6.07, 6.45) is 1.50. The number of para-hydroxylation sites is 1. The Morgan fingerprint density at radius 2 is 1.93 bits per heavy atom. The maximum Gasteiger partial charge on any atom is 0.293 e. The third-order valence-corrected chi connectivity index (χ3v) is 5.68. The fraction of sp³-hybridized carbons (Fsp3) is 0.304. The molecule has 0 aliphatic carbocycles. The number of imide groups is 1. The quantitative estimate of drug-likeness (QED) is 0.630. The molecule has 0 atom stereocenters. The molecule has 0 aromatic heterocycles. The summed E-state index contributed by atoms with van der Waals surface area (Å²) < 4.78 is 11.0. The van der Waals surface area contributed by atoms with Gasteiger partial charge in [0, 0.05) is 5.56 Å². The maximum atomic E-state index is 12.7. The molecule has 0 bridgehead atoms. The first kappa shape index (κ1) is 21.8. The van der Waals surface area contributed by atoms with Crippen LogP contribution in [0.1, 0.15) is 36.5 Å². The second-order valence-corrected chi connectivity index (χ2v) is 8.27. The van der Waals surface area contributed by atoms with Crippen molar-refractivity contribution in [3.63, 3.8) is 0 Å². The highest BCUT2D eigenvalue weighted by Gasteiger charge is 2.35. The van der Waals surface area contributed by atoms with Crippen LogP contribution in [0.2, 0.25) is 0 Å². The van der Waals surface area contributed by atoms with Crippen LogP contribution in [0.25, 0.3) is 6.08 Å². The van der Waals surface area contributed by atoms with E-state index in [1.54, 1.807) is 18.2 Å². The number of carbonyl (C=O) groups excluding carboxylic acids is 2. The second kappa shape index (κ2) is 9.26. The zero-order chi connectivity index (χ0) is 21.8. The van der Waals surface area contributed by atoms with Crippen molar-refractivity contribution in [3.05, 3.63) is 58.0 Å². The van der Waals surface area contributed by atoms with E-state index in [1.165, 1.54) is 18.1 Å². The third-order valence-electron chi connectivity index (χ3n) is 4.77. The average Bonchev–Trinajstić information content (AvgIpc) is 2.96. The molecule has 158 valence electrons. The van der Waals surface area contributed by atoms with Crippen LogP contribution in [0, 0.1) is 6.92 Å². The number of methoxy groups -OCH3 is 1. The van der Waals surface area contributed by atoms with E-state index in [0.29, 0.717) is 17.2 Å². The summed E-state index contributed by atoms with van der Waals surface area (Å²) in [6.45, 7) is 6.53. The minimum Gasteiger partial charge on any atom is -0.504 e. The van der Waals surface area contributed by atoms with Crippen molar-refractivity contribution in [1.29, 1.82) is 0 Å². The van der Waals surface area contributed by atoms with Gasteiger partial charge in [0.2, 0.25) is 0 Å². The summed E-state index contributed by atoms with van der Waals surface area (Å²) in [5.74, 6) is 0.903. The van der Waals surface area contributed by atoms with E-state index in [0.717, 1.165) is 28.6 Å². The first-order chi connectivity index (χ1) is 14.3. The number of phenols is 1. The number of ether oxygens (including phenoxy) is 2. The van der Waals surface area contributed by atoms with E-state index in [4.69, 9.17) is 9.47 Å². The Hall–Kier alpha value is -2.93. The van der Waals surface area contributed by atoms with Crippen molar-refractivity contribution in [1.82, 2.24) is 4.90 Å². The molecule has 7 heteroatoms. The van der Waals surface area contributed by atoms with Gasteiger partial charge >= 0.3 is 0 Å². The Labute approximate surface area is 180 Å². The fourth-order valence-electron chi connectivity index (χ4n) is 3.14. The maximum absolute atomic E-state index is 12.7. The van der Waals surface area contributed by atoms with Crippen molar-refractivity contribution < 1.29 is 24.2 Å². The number of hydrogen-bond acceptors (Lipinski definition) is 6. The highest BCUT2D eigenvalue weighted by Crippen LogP contribution is 2.36. The Morgan fingerprint density at radius 3 is 2.63 bits per heavy atom. The SMILES string of the molecule is COc1cccc(/C=C2\SC(=O)N(CCOc3cc(C)ccc3C(C)C)C2=O)c1O. The molecule has 1 aliphatic rings. The fourth-order valence-corrected chi connectivity index (χ4v) is 4.00. The first-order valence-corrected chi connectivity index (χ1v) is 10.5. The zero-order valence-electron chi connectivity index (χ0n) is 17.5. The first-order valence-electron chi connectivity index (χ1n) is 9.66. The molecular weight excluding hydrogens is 402 g/mol. The van der Waals surface area contributed by atoms with Gasteiger partial charge in [-0.1, -0.05) is 38.1 Å². The van der Waals surface area contributed by atoms with E-state index < -0.39 is 5.91 Å². The monoisotopic (exact) mass is 427 g/mol. The Balaban J connectivity index is 1.70. The van der Waals surface area contributed by atoms with Gasteiger partial charge in [0.25, 0.3) is 11.1 Å². The van der Waals surface area contributed by atoms with Crippen LogP contribution in [0.3, 0.4) is 0 Å². The van der Waals surface area contributed by atoms with Crippen LogP contribution in [-0.2, 0) is 4.79 Å². The topological polar surface area (TPSA) is 76.1 Å². The molecular formula is C23H25NO5S. The number of thioether (sulfide) groups is 1. The van der Waals surface area contributed by atoms with Gasteiger partial charge in [-0.3, -0.25) is 14.5 Å². The Morgan fingerprint density at radius 1 is 1.17 bits per heavy atom. The van der Waals surface area contributed by atoms with Crippen LogP contribution >= 0.6 is 11.8 Å². The molecule has 1 N–H and O–H groups in total. The lowest BCUT2D eigenvalue weighted by Gasteiger charge is -2.17. The molecule has 6 nitrogen and oxygen atoms in total. The van der Waals surface area contributed by atoms with Crippen molar-refractivity contribution in [2.45, 2.75) is 26.7 Å². The number of rotatable bonds is 7. The molecule has 1 saturated heterocycles. The van der Waals surface area contributed by atoms with Crippen molar-refractivity contribution in [2.24, 2.45) is 0 Å². The van der Waals surface area contributed by atoms with E-state index in [2.05, 4.69) is 13.8 Å². The highest BCUT2D eigenvalue weighted by atomic mass is 32.2. The van der Waals surface area contributed by atoms with Gasteiger partial charge in [0.15, 0.2) is 11.5 Å². The average molecular weight is 428 g/mol. The summed E-state index contributed by atoms with van der Waals surface area (Å²) in [5.41, 5.74) is 2.59. The number of nitrogens with zero attached hydrogens (tertiary/aromatic N) is 1. The second-order valence-electron chi connectivity index (χ2n) is 7.28. The standard InChI is InChI=1S/C23H25NO5S/c1-14(2)17-9-8-15(3)12-19(17)29-11-10-24-22(26)20(30-23(24)27)13-16-6-5-7-18(28-4)21(16)25/h5-9,12-14,25H,10-11H2,1-4H3/b20-13-. The number of aromatic hydroxyl groups is 1. The van der Waals surface area contributed by atoms with Gasteiger partial charge in [-0.15, -0.1) is 0 Å². The predicted molar refractivity (Wildman–Crippen MR) is 118 cm³/mol. The number of benzene rings is 2. The smallest absolute Gasteiger partial charge is 0.293 e. The van der Waals surface area contributed by atoms with Crippen LogP contribution in [0.5, 0.6) is 17.2 Å². The lowest BCUT2D eigenvalue weighted by atomic mass is 10.0. The van der Waals surface area contributed by atoms with Crippen LogP contribution in [-0.4, -0.2) is 41.4 Å².